The third kappa shape index (κ3) is 6.14. The lowest BCUT2D eigenvalue weighted by Crippen LogP contribution is -2.00. The number of hydrogen-bond donors (Lipinski definition) is 0. The van der Waals surface area contributed by atoms with Crippen molar-refractivity contribution in [1.29, 1.82) is 0 Å². The summed E-state index contributed by atoms with van der Waals surface area (Å²) in [5.74, 6) is 1.63. The summed E-state index contributed by atoms with van der Waals surface area (Å²) in [7, 11) is 0. The summed E-state index contributed by atoms with van der Waals surface area (Å²) in [5.41, 5.74) is 12.1. The SMILES string of the molecule is [2H]c1c([2H])c([2H])c2c(c1[2H])c1cccc(-c3cccc(-c4ccccc4)c3)c1n2-c1ccc(-c2cccc(-c3nc(-c4ccccc4)nc(-c4ccc5c(c4)oc4ccccc45)n3)c2)cc1. The molecule has 12 aromatic rings. The molecule has 0 atom stereocenters. The fourth-order valence-corrected chi connectivity index (χ4v) is 8.61. The zero-order valence-corrected chi connectivity index (χ0v) is 33.2. The van der Waals surface area contributed by atoms with Crippen LogP contribution in [0.25, 0.3) is 117 Å². The molecule has 0 radical (unpaired) electrons. The largest absolute Gasteiger partial charge is 0.456 e. The van der Waals surface area contributed by atoms with Crippen molar-refractivity contribution in [3.63, 3.8) is 0 Å². The van der Waals surface area contributed by atoms with Crippen LogP contribution in [0.5, 0.6) is 0 Å². The maximum atomic E-state index is 9.22. The molecular formula is C57H36N4O. The summed E-state index contributed by atoms with van der Waals surface area (Å²) < 4.78 is 43.9. The number of aromatic nitrogens is 4. The van der Waals surface area contributed by atoms with Crippen LogP contribution in [0.4, 0.5) is 0 Å². The zero-order chi connectivity index (χ0) is 44.5. The highest BCUT2D eigenvalue weighted by Gasteiger charge is 2.18. The molecule has 0 N–H and O–H groups in total. The van der Waals surface area contributed by atoms with E-state index in [2.05, 4.69) is 60.7 Å². The van der Waals surface area contributed by atoms with E-state index >= 15 is 0 Å². The standard InChI is InChI=1S/C57H36N4O/c1-3-14-37(15-4-1)40-18-11-20-42(34-40)46-24-13-25-50-47-22-7-9-26-51(47)61(54(46)50)45-31-28-38(29-32-45)41-19-12-21-43(35-41)56-58-55(39-16-5-2-6-17-39)59-57(60-56)44-30-33-49-48-23-8-10-27-52(48)62-53(49)36-44/h1-36H/i7D,9D,22D,26D. The quantitative estimate of drug-likeness (QED) is 0.161. The summed E-state index contributed by atoms with van der Waals surface area (Å²) in [6, 6.07) is 64.2. The molecular weight excluding hydrogens is 757 g/mol. The second-order valence-electron chi connectivity index (χ2n) is 15.3. The van der Waals surface area contributed by atoms with Crippen LogP contribution >= 0.6 is 0 Å². The van der Waals surface area contributed by atoms with E-state index in [4.69, 9.17) is 23.5 Å². The van der Waals surface area contributed by atoms with Gasteiger partial charge in [-0.25, -0.2) is 15.0 Å². The molecule has 0 bridgehead atoms. The van der Waals surface area contributed by atoms with Crippen molar-refractivity contribution in [2.45, 2.75) is 0 Å². The Labute approximate surface area is 363 Å². The Bertz CT molecular complexity index is 3870. The molecule has 0 unspecified atom stereocenters. The van der Waals surface area contributed by atoms with Gasteiger partial charge < -0.3 is 8.98 Å². The van der Waals surface area contributed by atoms with Gasteiger partial charge in [-0.1, -0.05) is 170 Å². The minimum Gasteiger partial charge on any atom is -0.456 e. The minimum atomic E-state index is -0.274. The molecule has 62 heavy (non-hydrogen) atoms. The molecule has 5 heteroatoms. The molecule has 3 aromatic heterocycles. The highest BCUT2D eigenvalue weighted by atomic mass is 16.3. The predicted molar refractivity (Wildman–Crippen MR) is 254 cm³/mol. The Balaban J connectivity index is 0.974. The van der Waals surface area contributed by atoms with Gasteiger partial charge in [0.2, 0.25) is 0 Å². The Morgan fingerprint density at radius 2 is 0.903 bits per heavy atom. The first kappa shape index (κ1) is 31.5. The monoisotopic (exact) mass is 796 g/mol. The van der Waals surface area contributed by atoms with Crippen molar-refractivity contribution in [1.82, 2.24) is 19.5 Å². The van der Waals surface area contributed by atoms with E-state index < -0.39 is 0 Å². The molecule has 9 aromatic carbocycles. The molecule has 0 saturated heterocycles. The first-order valence-corrected chi connectivity index (χ1v) is 20.5. The number of fused-ring (bicyclic) bond motifs is 6. The average molecular weight is 797 g/mol. The maximum Gasteiger partial charge on any atom is 0.164 e. The van der Waals surface area contributed by atoms with Crippen molar-refractivity contribution in [3.05, 3.63) is 218 Å². The summed E-state index contributed by atoms with van der Waals surface area (Å²) in [5, 5.41) is 3.32. The van der Waals surface area contributed by atoms with Gasteiger partial charge in [-0.05, 0) is 76.3 Å². The topological polar surface area (TPSA) is 56.7 Å². The Morgan fingerprint density at radius 1 is 0.371 bits per heavy atom. The van der Waals surface area contributed by atoms with Crippen molar-refractivity contribution < 1.29 is 9.90 Å². The smallest absolute Gasteiger partial charge is 0.164 e. The van der Waals surface area contributed by atoms with E-state index in [0.29, 0.717) is 28.4 Å². The molecule has 0 saturated carbocycles. The van der Waals surface area contributed by atoms with E-state index in [0.717, 1.165) is 88.6 Å². The summed E-state index contributed by atoms with van der Waals surface area (Å²) in [4.78, 5) is 15.0. The van der Waals surface area contributed by atoms with Crippen molar-refractivity contribution in [3.8, 4) is 73.2 Å². The number of furan rings is 1. The van der Waals surface area contributed by atoms with Gasteiger partial charge in [-0.2, -0.15) is 0 Å². The van der Waals surface area contributed by atoms with Crippen LogP contribution in [0.15, 0.2) is 223 Å². The van der Waals surface area contributed by atoms with Crippen LogP contribution in [0.3, 0.4) is 0 Å². The number of para-hydroxylation sites is 3. The van der Waals surface area contributed by atoms with Crippen LogP contribution in [-0.2, 0) is 0 Å². The van der Waals surface area contributed by atoms with Crippen molar-refractivity contribution in [2.75, 3.05) is 0 Å². The van der Waals surface area contributed by atoms with Crippen molar-refractivity contribution >= 4 is 43.7 Å². The van der Waals surface area contributed by atoms with Gasteiger partial charge in [0.25, 0.3) is 0 Å². The second kappa shape index (κ2) is 14.7. The Hall–Kier alpha value is -8.41. The first-order chi connectivity index (χ1) is 32.4. The fraction of sp³-hybridized carbons (Fsp3) is 0. The maximum absolute atomic E-state index is 9.22. The number of rotatable bonds is 7. The van der Waals surface area contributed by atoms with E-state index in [1.165, 1.54) is 0 Å². The van der Waals surface area contributed by atoms with Gasteiger partial charge in [-0.3, -0.25) is 0 Å². The minimum absolute atomic E-state index is 0.0645. The summed E-state index contributed by atoms with van der Waals surface area (Å²) in [6.07, 6.45) is 0. The van der Waals surface area contributed by atoms with Crippen LogP contribution in [0.1, 0.15) is 5.48 Å². The number of hydrogen-bond acceptors (Lipinski definition) is 4. The Morgan fingerprint density at radius 3 is 1.68 bits per heavy atom. The molecule has 0 aliphatic heterocycles. The van der Waals surface area contributed by atoms with E-state index in [1.54, 1.807) is 0 Å². The number of nitrogens with zero attached hydrogens (tertiary/aromatic N) is 4. The lowest BCUT2D eigenvalue weighted by atomic mass is 9.97. The van der Waals surface area contributed by atoms with Gasteiger partial charge >= 0.3 is 0 Å². The summed E-state index contributed by atoms with van der Waals surface area (Å²) >= 11 is 0. The summed E-state index contributed by atoms with van der Waals surface area (Å²) in [6.45, 7) is 0. The van der Waals surface area contributed by atoms with Crippen molar-refractivity contribution in [2.24, 2.45) is 0 Å². The molecule has 0 aliphatic rings. The third-order valence-electron chi connectivity index (χ3n) is 11.6. The molecule has 5 nitrogen and oxygen atoms in total. The lowest BCUT2D eigenvalue weighted by Gasteiger charge is -2.14. The second-order valence-corrected chi connectivity index (χ2v) is 15.3. The predicted octanol–water partition coefficient (Wildman–Crippen LogP) is 14.9. The molecule has 0 fully saturated rings. The fourth-order valence-electron chi connectivity index (χ4n) is 8.61. The highest BCUT2D eigenvalue weighted by molar-refractivity contribution is 6.14. The molecule has 290 valence electrons. The van der Waals surface area contributed by atoms with Crippen LogP contribution in [-0.4, -0.2) is 19.5 Å². The Kier molecular flexibility index (Phi) is 7.47. The molecule has 12 rings (SSSR count). The van der Waals surface area contributed by atoms with E-state index in [9.17, 15) is 1.37 Å². The van der Waals surface area contributed by atoms with Gasteiger partial charge in [0, 0.05) is 49.5 Å². The molecule has 0 spiro atoms. The van der Waals surface area contributed by atoms with Gasteiger partial charge in [-0.15, -0.1) is 0 Å². The highest BCUT2D eigenvalue weighted by Crippen LogP contribution is 2.40. The van der Waals surface area contributed by atoms with E-state index in [-0.39, 0.29) is 24.2 Å². The lowest BCUT2D eigenvalue weighted by molar-refractivity contribution is 0.669. The van der Waals surface area contributed by atoms with Crippen LogP contribution < -0.4 is 0 Å². The van der Waals surface area contributed by atoms with Gasteiger partial charge in [0.1, 0.15) is 11.2 Å². The van der Waals surface area contributed by atoms with Crippen LogP contribution in [0, 0.1) is 0 Å². The van der Waals surface area contributed by atoms with E-state index in [1.807, 2.05) is 138 Å². The number of benzene rings is 9. The molecule has 3 heterocycles. The van der Waals surface area contributed by atoms with Crippen LogP contribution in [0.2, 0.25) is 0 Å². The third-order valence-corrected chi connectivity index (χ3v) is 11.6. The molecule has 0 aliphatic carbocycles. The average Bonchev–Trinajstić information content (AvgIpc) is 3.94. The van der Waals surface area contributed by atoms with Gasteiger partial charge in [0.15, 0.2) is 17.5 Å². The zero-order valence-electron chi connectivity index (χ0n) is 37.2. The molecule has 0 amide bonds. The first-order valence-electron chi connectivity index (χ1n) is 22.5. The normalized spacial score (nSPS) is 12.5. The van der Waals surface area contributed by atoms with Gasteiger partial charge in [0.05, 0.1) is 16.5 Å².